The van der Waals surface area contributed by atoms with Crippen molar-refractivity contribution >= 4 is 0 Å². The van der Waals surface area contributed by atoms with E-state index >= 15 is 0 Å². The zero-order chi connectivity index (χ0) is 9.19. The van der Waals surface area contributed by atoms with Gasteiger partial charge in [0.15, 0.2) is 0 Å². The van der Waals surface area contributed by atoms with Crippen molar-refractivity contribution in [3.63, 3.8) is 0 Å². The first-order valence-corrected chi connectivity index (χ1v) is 2.98. The second kappa shape index (κ2) is 2.85. The lowest BCUT2D eigenvalue weighted by atomic mass is 10.2. The number of nitrogens with one attached hydrogen (secondary N) is 1. The number of aromatic amines is 1. The van der Waals surface area contributed by atoms with E-state index in [4.69, 9.17) is 6.57 Å². The van der Waals surface area contributed by atoms with Gasteiger partial charge >= 0.3 is 6.18 Å². The number of hydrogen-bond acceptors (Lipinski definition) is 1. The van der Waals surface area contributed by atoms with Gasteiger partial charge in [-0.1, -0.05) is 0 Å². The van der Waals surface area contributed by atoms with Crippen LogP contribution in [0, 0.1) is 6.57 Å². The molecule has 1 N–H and O–H groups in total. The van der Waals surface area contributed by atoms with Crippen LogP contribution >= 0.6 is 0 Å². The molecule has 0 fully saturated rings. The summed E-state index contributed by atoms with van der Waals surface area (Å²) in [5.41, 5.74) is -1.05. The highest BCUT2D eigenvalue weighted by Crippen LogP contribution is 2.30. The van der Waals surface area contributed by atoms with Crippen molar-refractivity contribution in [1.29, 1.82) is 0 Å². The van der Waals surface area contributed by atoms with Crippen LogP contribution in [0.1, 0.15) is 11.3 Å². The van der Waals surface area contributed by atoms with Crippen molar-refractivity contribution in [2.45, 2.75) is 12.7 Å². The van der Waals surface area contributed by atoms with Crippen molar-refractivity contribution in [3.05, 3.63) is 28.9 Å². The summed E-state index contributed by atoms with van der Waals surface area (Å²) in [7, 11) is 0. The Morgan fingerprint density at radius 3 is 2.75 bits per heavy atom. The smallest absolute Gasteiger partial charge is 0.312 e. The van der Waals surface area contributed by atoms with Gasteiger partial charge in [-0.2, -0.15) is 18.3 Å². The Bertz CT molecular complexity index is 307. The molecule has 0 spiro atoms. The fourth-order valence-electron chi connectivity index (χ4n) is 0.762. The molecule has 1 heterocycles. The molecule has 0 atom stereocenters. The highest BCUT2D eigenvalue weighted by molar-refractivity contribution is 5.20. The Labute approximate surface area is 66.0 Å². The highest BCUT2D eigenvalue weighted by atomic mass is 19.4. The molecule has 0 bridgehead atoms. The van der Waals surface area contributed by atoms with Crippen molar-refractivity contribution in [1.82, 2.24) is 10.2 Å². The fraction of sp³-hybridized carbons (Fsp3) is 0.333. The summed E-state index contributed by atoms with van der Waals surface area (Å²) in [4.78, 5) is 2.84. The van der Waals surface area contributed by atoms with Gasteiger partial charge in [0.1, 0.15) is 5.69 Å². The van der Waals surface area contributed by atoms with Gasteiger partial charge < -0.3 is 4.85 Å². The summed E-state index contributed by atoms with van der Waals surface area (Å²) in [5, 5.41) is 5.03. The topological polar surface area (TPSA) is 33.0 Å². The lowest BCUT2D eigenvalue weighted by Gasteiger charge is -2.02. The summed E-state index contributed by atoms with van der Waals surface area (Å²) in [6.45, 7) is 6.10. The summed E-state index contributed by atoms with van der Waals surface area (Å²) in [6, 6.07) is 0. The lowest BCUT2D eigenvalue weighted by molar-refractivity contribution is -0.141. The summed E-state index contributed by atoms with van der Waals surface area (Å²) in [6.07, 6.45) is -3.43. The van der Waals surface area contributed by atoms with Gasteiger partial charge in [0.05, 0.1) is 11.8 Å². The second-order valence-corrected chi connectivity index (χ2v) is 2.08. The Kier molecular flexibility index (Phi) is 2.04. The molecule has 0 aliphatic rings. The molecule has 0 saturated heterocycles. The molecule has 0 aromatic carbocycles. The van der Waals surface area contributed by atoms with Gasteiger partial charge in [0.25, 0.3) is 0 Å². The first-order chi connectivity index (χ1) is 5.55. The largest absolute Gasteiger partial charge is 0.433 e. The molecule has 0 unspecified atom stereocenters. The van der Waals surface area contributed by atoms with Gasteiger partial charge in [-0.05, 0) is 0 Å². The number of halogens is 3. The second-order valence-electron chi connectivity index (χ2n) is 2.08. The zero-order valence-electron chi connectivity index (χ0n) is 5.81. The maximum absolute atomic E-state index is 12.0. The van der Waals surface area contributed by atoms with E-state index in [1.165, 1.54) is 0 Å². The first kappa shape index (κ1) is 8.59. The molecule has 3 nitrogen and oxygen atoms in total. The number of hydrogen-bond donors (Lipinski definition) is 1. The molecule has 6 heteroatoms. The summed E-state index contributed by atoms with van der Waals surface area (Å²) in [5.74, 6) is 0. The molecule has 1 rings (SSSR count). The van der Waals surface area contributed by atoms with E-state index in [0.717, 1.165) is 6.20 Å². The number of nitrogens with zero attached hydrogens (tertiary/aromatic N) is 2. The van der Waals surface area contributed by atoms with Crippen LogP contribution in [0.25, 0.3) is 4.85 Å². The van der Waals surface area contributed by atoms with E-state index in [-0.39, 0.29) is 12.1 Å². The Morgan fingerprint density at radius 2 is 2.25 bits per heavy atom. The van der Waals surface area contributed by atoms with Crippen molar-refractivity contribution in [2.75, 3.05) is 0 Å². The van der Waals surface area contributed by atoms with Crippen LogP contribution in [-0.2, 0) is 12.7 Å². The number of rotatable bonds is 1. The highest BCUT2D eigenvalue weighted by Gasteiger charge is 2.36. The van der Waals surface area contributed by atoms with E-state index in [0.29, 0.717) is 0 Å². The third-order valence-corrected chi connectivity index (χ3v) is 1.25. The summed E-state index contributed by atoms with van der Waals surface area (Å²) < 4.78 is 36.1. The third-order valence-electron chi connectivity index (χ3n) is 1.25. The van der Waals surface area contributed by atoms with Crippen LogP contribution in [-0.4, -0.2) is 10.2 Å². The van der Waals surface area contributed by atoms with Crippen LogP contribution in [0.3, 0.4) is 0 Å². The van der Waals surface area contributed by atoms with Crippen molar-refractivity contribution in [2.24, 2.45) is 0 Å². The number of H-pyrrole nitrogens is 1. The van der Waals surface area contributed by atoms with Gasteiger partial charge in [-0.15, -0.1) is 0 Å². The normalized spacial score (nSPS) is 11.2. The molecular formula is C6H4F3N3. The molecule has 0 amide bonds. The zero-order valence-corrected chi connectivity index (χ0v) is 5.81. The molecule has 0 aliphatic carbocycles. The van der Waals surface area contributed by atoms with Crippen LogP contribution in [0.5, 0.6) is 0 Å². The molecule has 64 valence electrons. The first-order valence-electron chi connectivity index (χ1n) is 2.98. The predicted molar refractivity (Wildman–Crippen MR) is 33.9 cm³/mol. The van der Waals surface area contributed by atoms with Crippen LogP contribution < -0.4 is 0 Å². The number of alkyl halides is 3. The maximum atomic E-state index is 12.0. The van der Waals surface area contributed by atoms with Gasteiger partial charge in [-0.3, -0.25) is 5.10 Å². The third kappa shape index (κ3) is 1.56. The van der Waals surface area contributed by atoms with E-state index < -0.39 is 11.9 Å². The summed E-state index contributed by atoms with van der Waals surface area (Å²) >= 11 is 0. The van der Waals surface area contributed by atoms with Gasteiger partial charge in [0.2, 0.25) is 6.54 Å². The predicted octanol–water partition coefficient (Wildman–Crippen LogP) is 1.85. The van der Waals surface area contributed by atoms with Gasteiger partial charge in [-0.25, -0.2) is 6.57 Å². The van der Waals surface area contributed by atoms with E-state index in [1.54, 1.807) is 0 Å². The van der Waals surface area contributed by atoms with Gasteiger partial charge in [0, 0.05) is 0 Å². The average molecular weight is 175 g/mol. The number of aromatic nitrogens is 2. The Hall–Kier alpha value is -1.51. The van der Waals surface area contributed by atoms with E-state index in [9.17, 15) is 13.2 Å². The molecular weight excluding hydrogens is 171 g/mol. The lowest BCUT2D eigenvalue weighted by Crippen LogP contribution is -2.08. The van der Waals surface area contributed by atoms with Crippen LogP contribution in [0.4, 0.5) is 13.2 Å². The van der Waals surface area contributed by atoms with Crippen LogP contribution in [0.2, 0.25) is 0 Å². The molecule has 0 aliphatic heterocycles. The minimum absolute atomic E-state index is 0.113. The van der Waals surface area contributed by atoms with Crippen LogP contribution in [0.15, 0.2) is 6.20 Å². The maximum Gasteiger partial charge on any atom is 0.433 e. The van der Waals surface area contributed by atoms with E-state index in [2.05, 4.69) is 9.94 Å². The quantitative estimate of drug-likeness (QED) is 0.649. The molecule has 1 aromatic rings. The Morgan fingerprint density at radius 1 is 1.58 bits per heavy atom. The average Bonchev–Trinajstić information content (AvgIpc) is 2.34. The van der Waals surface area contributed by atoms with Crippen molar-refractivity contribution < 1.29 is 13.2 Å². The Balaban J connectivity index is 3.01. The molecule has 12 heavy (non-hydrogen) atoms. The molecule has 1 aromatic heterocycles. The minimum atomic E-state index is -4.45. The SMILES string of the molecule is [C-]#[N+]Cc1cn[nH]c1C(F)(F)F. The molecule has 0 radical (unpaired) electrons. The van der Waals surface area contributed by atoms with E-state index in [1.807, 2.05) is 5.10 Å². The fourth-order valence-corrected chi connectivity index (χ4v) is 0.762. The monoisotopic (exact) mass is 175 g/mol. The standard InChI is InChI=1S/C6H4F3N3/c1-10-2-4-3-11-12-5(4)6(7,8)9/h3H,2H2,(H,11,12). The van der Waals surface area contributed by atoms with Crippen molar-refractivity contribution in [3.8, 4) is 0 Å². The minimum Gasteiger partial charge on any atom is -0.312 e. The molecule has 0 saturated carbocycles.